The molecule has 2 heterocycles. The molecule has 0 bridgehead atoms. The monoisotopic (exact) mass is 269 g/mol. The fraction of sp³-hybridized carbons (Fsp3) is 0.667. The summed E-state index contributed by atoms with van der Waals surface area (Å²) in [6.45, 7) is 4.14. The van der Waals surface area contributed by atoms with Gasteiger partial charge in [-0.15, -0.1) is 11.3 Å². The first-order valence-electron chi connectivity index (χ1n) is 6.11. The van der Waals surface area contributed by atoms with Gasteiger partial charge in [0.1, 0.15) is 10.7 Å². The number of hydrogen-bond acceptors (Lipinski definition) is 5. The van der Waals surface area contributed by atoms with Crippen LogP contribution in [0.5, 0.6) is 0 Å². The second-order valence-corrected chi connectivity index (χ2v) is 5.61. The number of nitrogens with two attached hydrogens (primary N) is 1. The largest absolute Gasteiger partial charge is 0.384 e. The summed E-state index contributed by atoms with van der Waals surface area (Å²) in [7, 11) is 1.69. The van der Waals surface area contributed by atoms with Crippen LogP contribution in [0.3, 0.4) is 0 Å². The highest BCUT2D eigenvalue weighted by Crippen LogP contribution is 2.21. The van der Waals surface area contributed by atoms with Crippen LogP contribution in [0.2, 0.25) is 0 Å². The van der Waals surface area contributed by atoms with Gasteiger partial charge < -0.3 is 15.4 Å². The van der Waals surface area contributed by atoms with Crippen molar-refractivity contribution in [2.45, 2.75) is 19.4 Å². The molecule has 1 amide bonds. The summed E-state index contributed by atoms with van der Waals surface area (Å²) in [5, 5.41) is 2.61. The lowest BCUT2D eigenvalue weighted by Gasteiger charge is -2.14. The maximum atomic E-state index is 12.2. The molecule has 0 spiro atoms. The van der Waals surface area contributed by atoms with Gasteiger partial charge in [-0.3, -0.25) is 4.79 Å². The molecule has 18 heavy (non-hydrogen) atoms. The maximum absolute atomic E-state index is 12.2. The van der Waals surface area contributed by atoms with E-state index in [4.69, 9.17) is 10.5 Å². The molecule has 0 radical (unpaired) electrons. The van der Waals surface area contributed by atoms with Gasteiger partial charge in [-0.05, 0) is 13.3 Å². The van der Waals surface area contributed by atoms with E-state index in [0.29, 0.717) is 18.2 Å². The van der Waals surface area contributed by atoms with Gasteiger partial charge in [-0.2, -0.15) is 0 Å². The van der Waals surface area contributed by atoms with Gasteiger partial charge >= 0.3 is 0 Å². The summed E-state index contributed by atoms with van der Waals surface area (Å²) in [4.78, 5) is 18.4. The Hall–Kier alpha value is -0.980. The Balaban J connectivity index is 1.99. The number of aromatic nitrogens is 1. The SMILES string of the molecule is COCC1CCN(C(=O)c2csc(C(C)N)n2)C1. The van der Waals surface area contributed by atoms with Crippen molar-refractivity contribution in [1.82, 2.24) is 9.88 Å². The second-order valence-electron chi connectivity index (χ2n) is 4.72. The highest BCUT2D eigenvalue weighted by atomic mass is 32.1. The third-order valence-electron chi connectivity index (χ3n) is 3.11. The first-order chi connectivity index (χ1) is 8.61. The van der Waals surface area contributed by atoms with Gasteiger partial charge in [-0.1, -0.05) is 0 Å². The zero-order chi connectivity index (χ0) is 13.1. The van der Waals surface area contributed by atoms with E-state index in [1.807, 2.05) is 11.8 Å². The summed E-state index contributed by atoms with van der Waals surface area (Å²) < 4.78 is 5.13. The zero-order valence-corrected chi connectivity index (χ0v) is 11.6. The van der Waals surface area contributed by atoms with Gasteiger partial charge in [-0.25, -0.2) is 4.98 Å². The lowest BCUT2D eigenvalue weighted by molar-refractivity contribution is 0.0770. The van der Waals surface area contributed by atoms with Crippen molar-refractivity contribution in [2.75, 3.05) is 26.8 Å². The normalized spacial score (nSPS) is 21.3. The number of rotatable bonds is 4. The summed E-state index contributed by atoms with van der Waals surface area (Å²) >= 11 is 1.45. The number of amides is 1. The molecule has 1 fully saturated rings. The molecule has 6 heteroatoms. The molecule has 0 aliphatic carbocycles. The Labute approximate surface area is 111 Å². The van der Waals surface area contributed by atoms with Crippen LogP contribution < -0.4 is 5.73 Å². The van der Waals surface area contributed by atoms with E-state index in [1.165, 1.54) is 11.3 Å². The first-order valence-corrected chi connectivity index (χ1v) is 6.99. The van der Waals surface area contributed by atoms with Crippen molar-refractivity contribution in [2.24, 2.45) is 11.7 Å². The number of ether oxygens (including phenoxy) is 1. The van der Waals surface area contributed by atoms with Crippen LogP contribution in [0.25, 0.3) is 0 Å². The van der Waals surface area contributed by atoms with E-state index in [1.54, 1.807) is 12.5 Å². The Bertz CT molecular complexity index is 419. The maximum Gasteiger partial charge on any atom is 0.273 e. The van der Waals surface area contributed by atoms with Gasteiger partial charge in [0.25, 0.3) is 5.91 Å². The topological polar surface area (TPSA) is 68.5 Å². The average molecular weight is 269 g/mol. The average Bonchev–Trinajstić information content (AvgIpc) is 2.97. The van der Waals surface area contributed by atoms with Crippen LogP contribution >= 0.6 is 11.3 Å². The summed E-state index contributed by atoms with van der Waals surface area (Å²) in [6, 6.07) is -0.114. The molecule has 2 rings (SSSR count). The predicted octanol–water partition coefficient (Wildman–Crippen LogP) is 1.27. The molecule has 1 aromatic heterocycles. The van der Waals surface area contributed by atoms with E-state index in [9.17, 15) is 4.79 Å². The molecule has 1 saturated heterocycles. The van der Waals surface area contributed by atoms with Gasteiger partial charge in [0.05, 0.1) is 12.6 Å². The van der Waals surface area contributed by atoms with E-state index >= 15 is 0 Å². The van der Waals surface area contributed by atoms with Crippen LogP contribution in [-0.2, 0) is 4.74 Å². The number of nitrogens with zero attached hydrogens (tertiary/aromatic N) is 2. The first kappa shape index (κ1) is 13.5. The Morgan fingerprint density at radius 2 is 2.56 bits per heavy atom. The Kier molecular flexibility index (Phi) is 4.31. The number of likely N-dealkylation sites (tertiary alicyclic amines) is 1. The van der Waals surface area contributed by atoms with Crippen molar-refractivity contribution < 1.29 is 9.53 Å². The molecule has 1 aliphatic rings. The molecule has 2 atom stereocenters. The van der Waals surface area contributed by atoms with E-state index in [0.717, 1.165) is 24.5 Å². The van der Waals surface area contributed by atoms with Crippen LogP contribution in [-0.4, -0.2) is 42.6 Å². The van der Waals surface area contributed by atoms with E-state index in [2.05, 4.69) is 4.98 Å². The third kappa shape index (κ3) is 2.88. The van der Waals surface area contributed by atoms with Gasteiger partial charge in [0, 0.05) is 31.5 Å². The van der Waals surface area contributed by atoms with Gasteiger partial charge in [0.2, 0.25) is 0 Å². The molecular formula is C12H19N3O2S. The molecule has 0 aromatic carbocycles. The van der Waals surface area contributed by atoms with E-state index < -0.39 is 0 Å². The van der Waals surface area contributed by atoms with Crippen LogP contribution in [0, 0.1) is 5.92 Å². The molecule has 0 saturated carbocycles. The van der Waals surface area contributed by atoms with Crippen LogP contribution in [0.1, 0.15) is 34.9 Å². The molecule has 2 unspecified atom stereocenters. The molecule has 100 valence electrons. The minimum Gasteiger partial charge on any atom is -0.384 e. The van der Waals surface area contributed by atoms with Crippen molar-refractivity contribution >= 4 is 17.2 Å². The highest BCUT2D eigenvalue weighted by molar-refractivity contribution is 7.09. The van der Waals surface area contributed by atoms with Crippen molar-refractivity contribution in [1.29, 1.82) is 0 Å². The van der Waals surface area contributed by atoms with Crippen molar-refractivity contribution in [3.63, 3.8) is 0 Å². The fourth-order valence-corrected chi connectivity index (χ4v) is 2.90. The molecular weight excluding hydrogens is 250 g/mol. The number of methoxy groups -OCH3 is 1. The summed E-state index contributed by atoms with van der Waals surface area (Å²) in [5.74, 6) is 0.460. The lowest BCUT2D eigenvalue weighted by Crippen LogP contribution is -2.29. The number of hydrogen-bond donors (Lipinski definition) is 1. The van der Waals surface area contributed by atoms with Crippen molar-refractivity contribution in [3.8, 4) is 0 Å². The summed E-state index contributed by atoms with van der Waals surface area (Å²) in [5.41, 5.74) is 6.27. The molecule has 1 aromatic rings. The summed E-state index contributed by atoms with van der Waals surface area (Å²) in [6.07, 6.45) is 1.00. The van der Waals surface area contributed by atoms with E-state index in [-0.39, 0.29) is 11.9 Å². The van der Waals surface area contributed by atoms with Crippen LogP contribution in [0.4, 0.5) is 0 Å². The quantitative estimate of drug-likeness (QED) is 0.894. The third-order valence-corrected chi connectivity index (χ3v) is 4.15. The smallest absolute Gasteiger partial charge is 0.273 e. The molecule has 2 N–H and O–H groups in total. The Morgan fingerprint density at radius 3 is 3.17 bits per heavy atom. The number of carbonyl (C=O) groups excluding carboxylic acids is 1. The van der Waals surface area contributed by atoms with Crippen LogP contribution in [0.15, 0.2) is 5.38 Å². The van der Waals surface area contributed by atoms with Gasteiger partial charge in [0.15, 0.2) is 0 Å². The second kappa shape index (κ2) is 5.77. The minimum atomic E-state index is -0.114. The molecule has 5 nitrogen and oxygen atoms in total. The predicted molar refractivity (Wildman–Crippen MR) is 70.6 cm³/mol. The lowest BCUT2D eigenvalue weighted by atomic mass is 10.1. The van der Waals surface area contributed by atoms with Crippen molar-refractivity contribution in [3.05, 3.63) is 16.1 Å². The standard InChI is InChI=1S/C12H19N3O2S/c1-8(13)11-14-10(7-18-11)12(16)15-4-3-9(5-15)6-17-2/h7-9H,3-6,13H2,1-2H3. The zero-order valence-electron chi connectivity index (χ0n) is 10.8. The number of carbonyl (C=O) groups is 1. The highest BCUT2D eigenvalue weighted by Gasteiger charge is 2.28. The number of thiazole rings is 1. The minimum absolute atomic E-state index is 0.0109. The fourth-order valence-electron chi connectivity index (χ4n) is 2.15. The Morgan fingerprint density at radius 1 is 1.78 bits per heavy atom. The molecule has 1 aliphatic heterocycles.